The van der Waals surface area contributed by atoms with Crippen molar-refractivity contribution in [1.82, 2.24) is 15.2 Å². The molecule has 2 amide bonds. The van der Waals surface area contributed by atoms with Gasteiger partial charge in [-0.3, -0.25) is 10.2 Å². The number of anilines is 1. The van der Waals surface area contributed by atoms with Crippen molar-refractivity contribution in [2.45, 2.75) is 18.9 Å². The van der Waals surface area contributed by atoms with Crippen molar-refractivity contribution < 1.29 is 9.53 Å². The van der Waals surface area contributed by atoms with Crippen LogP contribution in [0.4, 0.5) is 9.93 Å². The number of carbonyl (C=O) groups is 1. The Morgan fingerprint density at radius 3 is 2.71 bits per heavy atom. The number of urea groups is 1. The summed E-state index contributed by atoms with van der Waals surface area (Å²) >= 11 is 1.47. The zero-order valence-corrected chi connectivity index (χ0v) is 16.7. The highest BCUT2D eigenvalue weighted by Gasteiger charge is 2.26. The third kappa shape index (κ3) is 4.10. The highest BCUT2D eigenvalue weighted by atomic mass is 32.1. The fourth-order valence-corrected chi connectivity index (χ4v) is 4.55. The van der Waals surface area contributed by atoms with Crippen LogP contribution in [0, 0.1) is 0 Å². The molecule has 1 aromatic heterocycles. The van der Waals surface area contributed by atoms with E-state index >= 15 is 0 Å². The summed E-state index contributed by atoms with van der Waals surface area (Å²) in [6.07, 6.45) is 2.37. The maximum atomic E-state index is 12.5. The second kappa shape index (κ2) is 8.58. The number of fused-ring (bicyclic) bond motifs is 1. The van der Waals surface area contributed by atoms with Crippen molar-refractivity contribution in [2.75, 3.05) is 32.1 Å². The Bertz CT molecular complexity index is 919. The summed E-state index contributed by atoms with van der Waals surface area (Å²) in [5.74, 6) is 0.854. The van der Waals surface area contributed by atoms with Crippen LogP contribution in [0.1, 0.15) is 24.4 Å². The Morgan fingerprint density at radius 2 is 1.93 bits per heavy atom. The number of hydrogen-bond acceptors (Lipinski definition) is 5. The van der Waals surface area contributed by atoms with Gasteiger partial charge < -0.3 is 10.1 Å². The molecule has 0 saturated carbocycles. The van der Waals surface area contributed by atoms with Gasteiger partial charge >= 0.3 is 6.03 Å². The van der Waals surface area contributed by atoms with Gasteiger partial charge in [-0.05, 0) is 44.1 Å². The quantitative estimate of drug-likeness (QED) is 0.653. The van der Waals surface area contributed by atoms with Crippen molar-refractivity contribution in [1.29, 1.82) is 0 Å². The minimum Gasteiger partial charge on any atom is -0.496 e. The zero-order chi connectivity index (χ0) is 19.3. The Labute approximate surface area is 168 Å². The van der Waals surface area contributed by atoms with Gasteiger partial charge in [-0.15, -0.1) is 0 Å². The largest absolute Gasteiger partial charge is 0.496 e. The Balaban J connectivity index is 1.45. The number of para-hydroxylation sites is 2. The molecule has 3 aromatic rings. The fraction of sp³-hybridized carbons (Fsp3) is 0.333. The smallest absolute Gasteiger partial charge is 0.321 e. The number of ether oxygens (including phenoxy) is 1. The number of nitrogens with zero attached hydrogens (tertiary/aromatic N) is 2. The average Bonchev–Trinajstić information content (AvgIpc) is 3.38. The van der Waals surface area contributed by atoms with Gasteiger partial charge in [0.1, 0.15) is 5.75 Å². The van der Waals surface area contributed by atoms with Crippen LogP contribution in [0.15, 0.2) is 48.5 Å². The van der Waals surface area contributed by atoms with Crippen LogP contribution in [0.2, 0.25) is 0 Å². The maximum absolute atomic E-state index is 12.5. The maximum Gasteiger partial charge on any atom is 0.321 e. The number of nitrogens with one attached hydrogen (secondary N) is 2. The number of methoxy groups -OCH3 is 1. The summed E-state index contributed by atoms with van der Waals surface area (Å²) in [6, 6.07) is 15.7. The van der Waals surface area contributed by atoms with Crippen molar-refractivity contribution in [3.63, 3.8) is 0 Å². The molecular weight excluding hydrogens is 372 g/mol. The molecule has 4 rings (SSSR count). The summed E-state index contributed by atoms with van der Waals surface area (Å²) in [6.45, 7) is 2.57. The van der Waals surface area contributed by atoms with Crippen LogP contribution in [-0.2, 0) is 0 Å². The minimum atomic E-state index is -0.238. The fourth-order valence-electron chi connectivity index (χ4n) is 3.69. The zero-order valence-electron chi connectivity index (χ0n) is 15.9. The van der Waals surface area contributed by atoms with Crippen molar-refractivity contribution in [3.8, 4) is 5.75 Å². The van der Waals surface area contributed by atoms with Gasteiger partial charge in [-0.2, -0.15) is 0 Å². The number of amides is 2. The average molecular weight is 397 g/mol. The van der Waals surface area contributed by atoms with Crippen LogP contribution in [0.3, 0.4) is 0 Å². The monoisotopic (exact) mass is 396 g/mol. The minimum absolute atomic E-state index is 0.0831. The molecule has 0 spiro atoms. The van der Waals surface area contributed by atoms with E-state index in [0.29, 0.717) is 11.7 Å². The normalized spacial score (nSPS) is 15.5. The van der Waals surface area contributed by atoms with Gasteiger partial charge in [-0.1, -0.05) is 41.7 Å². The summed E-state index contributed by atoms with van der Waals surface area (Å²) in [5.41, 5.74) is 2.00. The third-order valence-electron chi connectivity index (χ3n) is 5.05. The number of likely N-dealkylation sites (tertiary alicyclic amines) is 1. The molecule has 146 valence electrons. The molecule has 28 heavy (non-hydrogen) atoms. The van der Waals surface area contributed by atoms with Crippen molar-refractivity contribution >= 4 is 32.7 Å². The lowest BCUT2D eigenvalue weighted by Crippen LogP contribution is -2.38. The van der Waals surface area contributed by atoms with Gasteiger partial charge in [-0.25, -0.2) is 9.78 Å². The third-order valence-corrected chi connectivity index (χ3v) is 6.00. The summed E-state index contributed by atoms with van der Waals surface area (Å²) in [4.78, 5) is 19.4. The van der Waals surface area contributed by atoms with E-state index in [9.17, 15) is 4.79 Å². The molecule has 6 nitrogen and oxygen atoms in total. The number of hydrogen-bond donors (Lipinski definition) is 2. The molecule has 1 unspecified atom stereocenters. The lowest BCUT2D eigenvalue weighted by molar-refractivity contribution is 0.224. The second-order valence-corrected chi connectivity index (χ2v) is 7.85. The molecule has 2 N–H and O–H groups in total. The molecule has 1 aliphatic rings. The first-order valence-corrected chi connectivity index (χ1v) is 10.3. The molecule has 1 fully saturated rings. The molecule has 1 atom stereocenters. The van der Waals surface area contributed by atoms with Crippen LogP contribution in [0.25, 0.3) is 10.2 Å². The predicted molar refractivity (Wildman–Crippen MR) is 113 cm³/mol. The molecule has 1 aliphatic heterocycles. The first kappa shape index (κ1) is 18.7. The van der Waals surface area contributed by atoms with E-state index in [4.69, 9.17) is 4.74 Å². The van der Waals surface area contributed by atoms with Gasteiger partial charge in [0, 0.05) is 12.1 Å². The van der Waals surface area contributed by atoms with Gasteiger partial charge in [0.2, 0.25) is 0 Å². The van der Waals surface area contributed by atoms with E-state index in [1.54, 1.807) is 7.11 Å². The highest BCUT2D eigenvalue weighted by Crippen LogP contribution is 2.31. The number of benzene rings is 2. The van der Waals surface area contributed by atoms with E-state index in [0.717, 1.165) is 34.6 Å². The second-order valence-electron chi connectivity index (χ2n) is 6.82. The number of aromatic nitrogens is 1. The lowest BCUT2D eigenvalue weighted by Gasteiger charge is -2.29. The van der Waals surface area contributed by atoms with E-state index in [-0.39, 0.29) is 12.1 Å². The van der Waals surface area contributed by atoms with Crippen LogP contribution < -0.4 is 15.4 Å². The van der Waals surface area contributed by atoms with Gasteiger partial charge in [0.05, 0.1) is 23.4 Å². The molecule has 7 heteroatoms. The number of carbonyl (C=O) groups excluding carboxylic acids is 1. The van der Waals surface area contributed by atoms with Crippen LogP contribution >= 0.6 is 11.3 Å². The topological polar surface area (TPSA) is 66.5 Å². The number of thiazole rings is 1. The Kier molecular flexibility index (Phi) is 5.73. The molecule has 2 aromatic carbocycles. The first-order valence-electron chi connectivity index (χ1n) is 9.52. The highest BCUT2D eigenvalue weighted by molar-refractivity contribution is 7.22. The van der Waals surface area contributed by atoms with Gasteiger partial charge in [0.15, 0.2) is 5.13 Å². The summed E-state index contributed by atoms with van der Waals surface area (Å²) in [7, 11) is 1.69. The molecule has 0 radical (unpaired) electrons. The predicted octanol–water partition coefficient (Wildman–Crippen LogP) is 4.26. The number of rotatable bonds is 6. The van der Waals surface area contributed by atoms with Crippen molar-refractivity contribution in [2.24, 2.45) is 0 Å². The lowest BCUT2D eigenvalue weighted by atomic mass is 10.0. The van der Waals surface area contributed by atoms with Gasteiger partial charge in [0.25, 0.3) is 0 Å². The van der Waals surface area contributed by atoms with Crippen LogP contribution in [-0.4, -0.2) is 42.7 Å². The van der Waals surface area contributed by atoms with Crippen molar-refractivity contribution in [3.05, 3.63) is 54.1 Å². The summed E-state index contributed by atoms with van der Waals surface area (Å²) < 4.78 is 6.62. The van der Waals surface area contributed by atoms with E-state index < -0.39 is 0 Å². The summed E-state index contributed by atoms with van der Waals surface area (Å²) in [5, 5.41) is 6.49. The van der Waals surface area contributed by atoms with E-state index in [1.165, 1.54) is 24.2 Å². The Morgan fingerprint density at radius 1 is 1.18 bits per heavy atom. The van der Waals surface area contributed by atoms with E-state index in [2.05, 4.69) is 26.6 Å². The van der Waals surface area contributed by atoms with Crippen LogP contribution in [0.5, 0.6) is 5.75 Å². The molecular formula is C21H24N4O2S. The SMILES string of the molecule is COc1ccccc1C(CNC(=O)Nc1nc2ccccc2s1)N1CCCC1. The molecule has 1 saturated heterocycles. The molecule has 0 aliphatic carbocycles. The van der Waals surface area contributed by atoms with E-state index in [1.807, 2.05) is 42.5 Å². The standard InChI is InChI=1S/C21H24N4O2S/c1-27-18-10-4-2-8-15(18)17(25-12-6-7-13-25)14-22-20(26)24-21-23-16-9-3-5-11-19(16)28-21/h2-5,8-11,17H,6-7,12-14H2,1H3,(H2,22,23,24,26). The Hall–Kier alpha value is -2.64. The molecule has 2 heterocycles. The first-order chi connectivity index (χ1) is 13.7. The molecule has 0 bridgehead atoms.